The van der Waals surface area contributed by atoms with Gasteiger partial charge in [-0.2, -0.15) is 0 Å². The fourth-order valence-electron chi connectivity index (χ4n) is 1.11. The summed E-state index contributed by atoms with van der Waals surface area (Å²) in [5.41, 5.74) is 0. The number of ether oxygens (including phenoxy) is 1. The van der Waals surface area contributed by atoms with Gasteiger partial charge in [-0.3, -0.25) is 4.79 Å². The molecule has 0 saturated heterocycles. The molecular weight excluding hydrogens is 156 g/mol. The van der Waals surface area contributed by atoms with Crippen LogP contribution in [0.15, 0.2) is 11.8 Å². The van der Waals surface area contributed by atoms with Gasteiger partial charge in [-0.15, -0.1) is 0 Å². The molecule has 0 aromatic rings. The molecule has 0 spiro atoms. The van der Waals surface area contributed by atoms with Gasteiger partial charge in [-0.05, 0) is 18.9 Å². The second-order valence-electron chi connectivity index (χ2n) is 2.74. The van der Waals surface area contributed by atoms with Crippen LogP contribution in [0.1, 0.15) is 32.1 Å². The molecule has 66 valence electrons. The standard InChI is InChI=1S/C9H12O3/c10-7-3-6-9(11)12-8-4-1-2-5-8/h4,7H,1-3,5-6H2. The highest BCUT2D eigenvalue weighted by atomic mass is 16.5. The number of hydrogen-bond acceptors (Lipinski definition) is 3. The van der Waals surface area contributed by atoms with Crippen molar-refractivity contribution in [1.82, 2.24) is 0 Å². The van der Waals surface area contributed by atoms with E-state index in [1.54, 1.807) is 0 Å². The van der Waals surface area contributed by atoms with E-state index < -0.39 is 0 Å². The second kappa shape index (κ2) is 4.70. The lowest BCUT2D eigenvalue weighted by Gasteiger charge is -2.01. The maximum absolute atomic E-state index is 10.9. The summed E-state index contributed by atoms with van der Waals surface area (Å²) in [6.45, 7) is 0. The van der Waals surface area contributed by atoms with E-state index in [1.165, 1.54) is 0 Å². The van der Waals surface area contributed by atoms with E-state index in [4.69, 9.17) is 4.74 Å². The minimum atomic E-state index is -0.296. The summed E-state index contributed by atoms with van der Waals surface area (Å²) in [6.07, 6.45) is 6.02. The van der Waals surface area contributed by atoms with E-state index in [9.17, 15) is 9.59 Å². The number of aldehydes is 1. The molecule has 1 aliphatic rings. The Morgan fingerprint density at radius 1 is 1.67 bits per heavy atom. The Morgan fingerprint density at radius 2 is 2.50 bits per heavy atom. The fraction of sp³-hybridized carbons (Fsp3) is 0.556. The number of rotatable bonds is 4. The Balaban J connectivity index is 2.21. The van der Waals surface area contributed by atoms with E-state index in [1.807, 2.05) is 6.08 Å². The van der Waals surface area contributed by atoms with Crippen LogP contribution in [0.2, 0.25) is 0 Å². The number of esters is 1. The van der Waals surface area contributed by atoms with Gasteiger partial charge in [0.1, 0.15) is 12.0 Å². The predicted molar refractivity (Wildman–Crippen MR) is 43.3 cm³/mol. The Labute approximate surface area is 71.4 Å². The first-order valence-corrected chi connectivity index (χ1v) is 4.16. The smallest absolute Gasteiger partial charge is 0.311 e. The molecule has 0 unspecified atom stereocenters. The van der Waals surface area contributed by atoms with E-state index in [-0.39, 0.29) is 18.8 Å². The summed E-state index contributed by atoms with van der Waals surface area (Å²) in [4.78, 5) is 20.9. The minimum Gasteiger partial charge on any atom is -0.431 e. The summed E-state index contributed by atoms with van der Waals surface area (Å²) in [5, 5.41) is 0. The van der Waals surface area contributed by atoms with Crippen LogP contribution in [0.4, 0.5) is 0 Å². The van der Waals surface area contributed by atoms with E-state index in [2.05, 4.69) is 0 Å². The zero-order chi connectivity index (χ0) is 8.81. The maximum Gasteiger partial charge on any atom is 0.311 e. The molecule has 0 aromatic heterocycles. The molecule has 0 bridgehead atoms. The van der Waals surface area contributed by atoms with Gasteiger partial charge in [0.2, 0.25) is 0 Å². The Bertz CT molecular complexity index is 206. The van der Waals surface area contributed by atoms with Crippen molar-refractivity contribution in [1.29, 1.82) is 0 Å². The first-order valence-electron chi connectivity index (χ1n) is 4.16. The van der Waals surface area contributed by atoms with E-state index in [0.717, 1.165) is 31.3 Å². The molecule has 0 N–H and O–H groups in total. The Kier molecular flexibility index (Phi) is 3.51. The molecule has 0 atom stereocenters. The summed E-state index contributed by atoms with van der Waals surface area (Å²) < 4.78 is 4.98. The lowest BCUT2D eigenvalue weighted by molar-refractivity contribution is -0.140. The lowest BCUT2D eigenvalue weighted by Crippen LogP contribution is -2.03. The summed E-state index contributed by atoms with van der Waals surface area (Å²) in [6, 6.07) is 0. The fourth-order valence-corrected chi connectivity index (χ4v) is 1.11. The van der Waals surface area contributed by atoms with Gasteiger partial charge < -0.3 is 9.53 Å². The molecule has 0 saturated carbocycles. The van der Waals surface area contributed by atoms with Crippen LogP contribution in [0, 0.1) is 0 Å². The largest absolute Gasteiger partial charge is 0.431 e. The quantitative estimate of drug-likeness (QED) is 0.472. The lowest BCUT2D eigenvalue weighted by atomic mass is 10.3. The summed E-state index contributed by atoms with van der Waals surface area (Å²) in [5.74, 6) is 0.473. The molecule has 1 rings (SSSR count). The highest BCUT2D eigenvalue weighted by Crippen LogP contribution is 2.18. The van der Waals surface area contributed by atoms with Gasteiger partial charge in [0.15, 0.2) is 0 Å². The van der Waals surface area contributed by atoms with Crippen LogP contribution >= 0.6 is 0 Å². The number of hydrogen-bond donors (Lipinski definition) is 0. The van der Waals surface area contributed by atoms with Gasteiger partial charge in [0.25, 0.3) is 0 Å². The number of allylic oxidation sites excluding steroid dienone is 2. The highest BCUT2D eigenvalue weighted by Gasteiger charge is 2.09. The van der Waals surface area contributed by atoms with Crippen molar-refractivity contribution in [2.24, 2.45) is 0 Å². The topological polar surface area (TPSA) is 43.4 Å². The average molecular weight is 168 g/mol. The van der Waals surface area contributed by atoms with Crippen LogP contribution in [0.25, 0.3) is 0 Å². The van der Waals surface area contributed by atoms with Crippen LogP contribution in [0.3, 0.4) is 0 Å². The van der Waals surface area contributed by atoms with E-state index in [0.29, 0.717) is 0 Å². The first-order chi connectivity index (χ1) is 5.83. The minimum absolute atomic E-state index is 0.195. The number of carbonyl (C=O) groups excluding carboxylic acids is 2. The molecule has 3 heteroatoms. The van der Waals surface area contributed by atoms with Gasteiger partial charge in [-0.25, -0.2) is 0 Å². The van der Waals surface area contributed by atoms with Gasteiger partial charge >= 0.3 is 5.97 Å². The monoisotopic (exact) mass is 168 g/mol. The van der Waals surface area contributed by atoms with Gasteiger partial charge in [0, 0.05) is 12.8 Å². The van der Waals surface area contributed by atoms with Crippen molar-refractivity contribution in [3.63, 3.8) is 0 Å². The molecule has 0 aromatic carbocycles. The van der Waals surface area contributed by atoms with Gasteiger partial charge in [0.05, 0.1) is 6.42 Å². The maximum atomic E-state index is 10.9. The average Bonchev–Trinajstić information content (AvgIpc) is 2.53. The first kappa shape index (κ1) is 8.97. The normalized spacial score (nSPS) is 15.5. The number of carbonyl (C=O) groups is 2. The SMILES string of the molecule is O=CCCC(=O)OC1=CCCC1. The summed E-state index contributed by atoms with van der Waals surface area (Å²) >= 11 is 0. The van der Waals surface area contributed by atoms with Crippen LogP contribution < -0.4 is 0 Å². The highest BCUT2D eigenvalue weighted by molar-refractivity contribution is 5.73. The molecule has 0 fully saturated rings. The van der Waals surface area contributed by atoms with Crippen molar-refractivity contribution in [3.8, 4) is 0 Å². The van der Waals surface area contributed by atoms with Crippen LogP contribution in [-0.4, -0.2) is 12.3 Å². The van der Waals surface area contributed by atoms with Gasteiger partial charge in [-0.1, -0.05) is 0 Å². The molecule has 0 heterocycles. The molecule has 3 nitrogen and oxygen atoms in total. The van der Waals surface area contributed by atoms with Crippen molar-refractivity contribution in [3.05, 3.63) is 11.8 Å². The molecule has 12 heavy (non-hydrogen) atoms. The third-order valence-electron chi connectivity index (χ3n) is 1.71. The van der Waals surface area contributed by atoms with Crippen molar-refractivity contribution in [2.75, 3.05) is 0 Å². The van der Waals surface area contributed by atoms with Crippen molar-refractivity contribution in [2.45, 2.75) is 32.1 Å². The zero-order valence-electron chi connectivity index (χ0n) is 6.91. The molecule has 0 radical (unpaired) electrons. The predicted octanol–water partition coefficient (Wildman–Crippen LogP) is 1.58. The summed E-state index contributed by atoms with van der Waals surface area (Å²) in [7, 11) is 0. The van der Waals surface area contributed by atoms with Crippen molar-refractivity contribution < 1.29 is 14.3 Å². The Morgan fingerprint density at radius 3 is 3.08 bits per heavy atom. The third kappa shape index (κ3) is 2.86. The Hall–Kier alpha value is -1.12. The molecular formula is C9H12O3. The third-order valence-corrected chi connectivity index (χ3v) is 1.71. The molecule has 0 amide bonds. The van der Waals surface area contributed by atoms with Crippen LogP contribution in [-0.2, 0) is 14.3 Å². The second-order valence-corrected chi connectivity index (χ2v) is 2.74. The zero-order valence-corrected chi connectivity index (χ0v) is 6.91. The van der Waals surface area contributed by atoms with E-state index >= 15 is 0 Å². The van der Waals surface area contributed by atoms with Crippen LogP contribution in [0.5, 0.6) is 0 Å². The van der Waals surface area contributed by atoms with Crippen molar-refractivity contribution >= 4 is 12.3 Å². The molecule has 0 aliphatic heterocycles. The molecule has 1 aliphatic carbocycles.